The van der Waals surface area contributed by atoms with Gasteiger partial charge in [-0.05, 0) is 60.7 Å². The minimum atomic E-state index is -1.23. The third kappa shape index (κ3) is 5.85. The van der Waals surface area contributed by atoms with Crippen LogP contribution in [0.25, 0.3) is 22.4 Å². The van der Waals surface area contributed by atoms with Crippen molar-refractivity contribution in [2.75, 3.05) is 0 Å². The molecule has 1 saturated carbocycles. The molecule has 1 aliphatic rings. The fourth-order valence-electron chi connectivity index (χ4n) is 5.43. The van der Waals surface area contributed by atoms with E-state index in [1.54, 1.807) is 36.8 Å². The Kier molecular flexibility index (Phi) is 7.86. The lowest BCUT2D eigenvalue weighted by atomic mass is 9.95. The number of hydrogen-bond acceptors (Lipinski definition) is 6. The normalized spacial score (nSPS) is 14.7. The number of aromatic nitrogens is 2. The maximum atomic E-state index is 13.2. The molecule has 0 bridgehead atoms. The zero-order valence-corrected chi connectivity index (χ0v) is 21.9. The van der Waals surface area contributed by atoms with Gasteiger partial charge in [0.1, 0.15) is 23.9 Å². The molecule has 1 aliphatic carbocycles. The van der Waals surface area contributed by atoms with E-state index >= 15 is 0 Å². The molecule has 1 amide bonds. The number of amides is 1. The number of rotatable bonds is 10. The molecule has 1 fully saturated rings. The van der Waals surface area contributed by atoms with Gasteiger partial charge in [0.15, 0.2) is 0 Å². The maximum absolute atomic E-state index is 13.2. The fraction of sp³-hybridized carbons (Fsp3) is 0.333. The number of imidazole rings is 1. The molecule has 0 spiro atoms. The number of nitrogens with one attached hydrogen (secondary N) is 1. The zero-order valence-electron chi connectivity index (χ0n) is 21.9. The van der Waals surface area contributed by atoms with Gasteiger partial charge in [-0.2, -0.15) is 0 Å². The fourth-order valence-corrected chi connectivity index (χ4v) is 5.43. The summed E-state index contributed by atoms with van der Waals surface area (Å²) >= 11 is 0. The van der Waals surface area contributed by atoms with Crippen LogP contribution in [0.3, 0.4) is 0 Å². The largest absolute Gasteiger partial charge is 0.508 e. The Hall–Kier alpha value is -4.60. The van der Waals surface area contributed by atoms with E-state index in [1.807, 2.05) is 12.1 Å². The Bertz CT molecular complexity index is 1530. The molecule has 1 atom stereocenters. The number of nitrogens with zero attached hydrogens (tertiary/aromatic N) is 2. The van der Waals surface area contributed by atoms with Crippen LogP contribution < -0.4 is 5.32 Å². The molecule has 0 unspecified atom stereocenters. The molecule has 208 valence electrons. The second kappa shape index (κ2) is 11.6. The molecule has 2 aromatic heterocycles. The Morgan fingerprint density at radius 3 is 2.55 bits per heavy atom. The van der Waals surface area contributed by atoms with E-state index in [4.69, 9.17) is 14.5 Å². The number of carboxylic acids is 2. The van der Waals surface area contributed by atoms with Gasteiger partial charge < -0.3 is 29.6 Å². The summed E-state index contributed by atoms with van der Waals surface area (Å²) in [5.74, 6) is -2.04. The number of aryl methyl sites for hydroxylation is 1. The minimum Gasteiger partial charge on any atom is -0.508 e. The van der Waals surface area contributed by atoms with Crippen molar-refractivity contribution in [2.24, 2.45) is 0 Å². The van der Waals surface area contributed by atoms with Gasteiger partial charge in [-0.1, -0.05) is 31.4 Å². The Morgan fingerprint density at radius 1 is 1.05 bits per heavy atom. The first-order valence-corrected chi connectivity index (χ1v) is 13.4. The number of aliphatic carboxylic acids is 2. The Labute approximate surface area is 230 Å². The predicted molar refractivity (Wildman–Crippen MR) is 146 cm³/mol. The van der Waals surface area contributed by atoms with Crippen LogP contribution in [-0.4, -0.2) is 48.8 Å². The highest BCUT2D eigenvalue weighted by molar-refractivity contribution is 5.99. The van der Waals surface area contributed by atoms with E-state index in [-0.39, 0.29) is 25.0 Å². The van der Waals surface area contributed by atoms with Crippen molar-refractivity contribution in [3.8, 4) is 17.1 Å². The third-order valence-electron chi connectivity index (χ3n) is 7.47. The first-order valence-electron chi connectivity index (χ1n) is 13.4. The van der Waals surface area contributed by atoms with Crippen molar-refractivity contribution in [3.05, 3.63) is 71.7 Å². The molecule has 4 N–H and O–H groups in total. The van der Waals surface area contributed by atoms with Crippen LogP contribution in [0.1, 0.15) is 66.1 Å². The number of hydrogen-bond donors (Lipinski definition) is 4. The summed E-state index contributed by atoms with van der Waals surface area (Å²) in [6, 6.07) is 10.7. The van der Waals surface area contributed by atoms with Crippen molar-refractivity contribution < 1.29 is 34.1 Å². The summed E-state index contributed by atoms with van der Waals surface area (Å²) in [4.78, 5) is 41.0. The van der Waals surface area contributed by atoms with E-state index < -0.39 is 23.9 Å². The number of fused-ring (bicyclic) bond motifs is 1. The molecule has 5 rings (SSSR count). The van der Waals surface area contributed by atoms with Gasteiger partial charge >= 0.3 is 11.9 Å². The molecule has 0 radical (unpaired) electrons. The molecular formula is C30H31N3O7. The van der Waals surface area contributed by atoms with E-state index in [9.17, 15) is 24.6 Å². The highest BCUT2D eigenvalue weighted by atomic mass is 16.4. The van der Waals surface area contributed by atoms with E-state index in [1.165, 1.54) is 12.5 Å². The SMILES string of the molecule is O=C(O)CCc1cc(C[C@H](NC(=O)c2ccc3c(c2)nc(-c2ccoc2)n3C2CCCCC2)C(=O)O)ccc1O. The first-order chi connectivity index (χ1) is 19.3. The number of carbonyl (C=O) groups is 3. The lowest BCUT2D eigenvalue weighted by molar-refractivity contribution is -0.139. The number of carbonyl (C=O) groups excluding carboxylic acids is 1. The number of carboxylic acid groups (broad SMARTS) is 2. The van der Waals surface area contributed by atoms with Gasteiger partial charge in [0.05, 0.1) is 22.9 Å². The summed E-state index contributed by atoms with van der Waals surface area (Å²) in [6.45, 7) is 0. The van der Waals surface area contributed by atoms with Crippen LogP contribution in [0.5, 0.6) is 5.75 Å². The number of aromatic hydroxyl groups is 1. The van der Waals surface area contributed by atoms with Crippen LogP contribution in [0.4, 0.5) is 0 Å². The predicted octanol–water partition coefficient (Wildman–Crippen LogP) is 4.95. The topological polar surface area (TPSA) is 155 Å². The van der Waals surface area contributed by atoms with Crippen LogP contribution in [0.2, 0.25) is 0 Å². The summed E-state index contributed by atoms with van der Waals surface area (Å²) in [6.07, 6.45) is 8.77. The lowest BCUT2D eigenvalue weighted by Gasteiger charge is -2.25. The molecule has 10 nitrogen and oxygen atoms in total. The van der Waals surface area contributed by atoms with Crippen LogP contribution in [-0.2, 0) is 22.4 Å². The monoisotopic (exact) mass is 545 g/mol. The quantitative estimate of drug-likeness (QED) is 0.218. The van der Waals surface area contributed by atoms with Gasteiger partial charge in [0.2, 0.25) is 0 Å². The van der Waals surface area contributed by atoms with Crippen molar-refractivity contribution in [2.45, 2.75) is 63.5 Å². The van der Waals surface area contributed by atoms with Crippen molar-refractivity contribution in [1.82, 2.24) is 14.9 Å². The van der Waals surface area contributed by atoms with Crippen molar-refractivity contribution in [1.29, 1.82) is 0 Å². The second-order valence-corrected chi connectivity index (χ2v) is 10.2. The van der Waals surface area contributed by atoms with Gasteiger partial charge in [-0.15, -0.1) is 0 Å². The third-order valence-corrected chi connectivity index (χ3v) is 7.47. The molecule has 2 aromatic carbocycles. The standard InChI is InChI=1S/C30H31N3O7/c34-26-10-6-18(14-19(26)8-11-27(35)36)15-24(30(38)39)32-29(37)20-7-9-25-23(16-20)31-28(21-12-13-40-17-21)33(25)22-4-2-1-3-5-22/h6-7,9-10,12-14,16-17,22,24,34H,1-5,8,11,15H2,(H,32,37)(H,35,36)(H,38,39)/t24-/m0/s1. The van der Waals surface area contributed by atoms with E-state index in [2.05, 4.69) is 9.88 Å². The van der Waals surface area contributed by atoms with E-state index in [0.29, 0.717) is 28.2 Å². The summed E-state index contributed by atoms with van der Waals surface area (Å²) < 4.78 is 7.54. The van der Waals surface area contributed by atoms with Gasteiger partial charge in [-0.3, -0.25) is 9.59 Å². The average molecular weight is 546 g/mol. The smallest absolute Gasteiger partial charge is 0.326 e. The van der Waals surface area contributed by atoms with Crippen LogP contribution in [0, 0.1) is 0 Å². The number of phenols is 1. The Morgan fingerprint density at radius 2 is 1.85 bits per heavy atom. The number of benzene rings is 2. The van der Waals surface area contributed by atoms with Crippen molar-refractivity contribution in [3.63, 3.8) is 0 Å². The Balaban J connectivity index is 1.38. The highest BCUT2D eigenvalue weighted by Gasteiger charge is 2.25. The molecule has 4 aromatic rings. The molecule has 0 saturated heterocycles. The summed E-state index contributed by atoms with van der Waals surface area (Å²) in [7, 11) is 0. The van der Waals surface area contributed by atoms with Gasteiger partial charge in [0, 0.05) is 24.4 Å². The molecule has 40 heavy (non-hydrogen) atoms. The van der Waals surface area contributed by atoms with Gasteiger partial charge in [0.25, 0.3) is 5.91 Å². The maximum Gasteiger partial charge on any atom is 0.326 e. The average Bonchev–Trinajstić information content (AvgIpc) is 3.61. The molecular weight excluding hydrogens is 514 g/mol. The van der Waals surface area contributed by atoms with Crippen molar-refractivity contribution >= 4 is 28.9 Å². The molecule has 10 heteroatoms. The lowest BCUT2D eigenvalue weighted by Crippen LogP contribution is -2.42. The number of phenolic OH excluding ortho intramolecular Hbond substituents is 1. The summed E-state index contributed by atoms with van der Waals surface area (Å²) in [5.41, 5.74) is 3.66. The van der Waals surface area contributed by atoms with Crippen LogP contribution in [0.15, 0.2) is 59.4 Å². The first kappa shape index (κ1) is 27.0. The number of furan rings is 1. The molecule has 0 aliphatic heterocycles. The minimum absolute atomic E-state index is 0.0371. The van der Waals surface area contributed by atoms with Crippen LogP contribution >= 0.6 is 0 Å². The second-order valence-electron chi connectivity index (χ2n) is 10.2. The van der Waals surface area contributed by atoms with Gasteiger partial charge in [-0.25, -0.2) is 9.78 Å². The van der Waals surface area contributed by atoms with E-state index in [0.717, 1.165) is 42.6 Å². The zero-order chi connectivity index (χ0) is 28.2. The highest BCUT2D eigenvalue weighted by Crippen LogP contribution is 2.36. The summed E-state index contributed by atoms with van der Waals surface area (Å²) in [5, 5.41) is 31.4. The molecule has 2 heterocycles.